The van der Waals surface area contributed by atoms with Crippen molar-refractivity contribution < 1.29 is 9.53 Å². The van der Waals surface area contributed by atoms with Crippen molar-refractivity contribution in [3.63, 3.8) is 0 Å². The number of carbonyl (C=O) groups is 1. The van der Waals surface area contributed by atoms with Gasteiger partial charge in [0.2, 0.25) is 5.91 Å². The predicted molar refractivity (Wildman–Crippen MR) is 119 cm³/mol. The molecule has 0 radical (unpaired) electrons. The van der Waals surface area contributed by atoms with Crippen LogP contribution in [0, 0.1) is 34.6 Å². The highest BCUT2D eigenvalue weighted by molar-refractivity contribution is 5.96. The van der Waals surface area contributed by atoms with Crippen molar-refractivity contribution in [3.05, 3.63) is 63.8 Å². The molecule has 0 saturated heterocycles. The van der Waals surface area contributed by atoms with Crippen molar-refractivity contribution in [3.8, 4) is 5.75 Å². The van der Waals surface area contributed by atoms with E-state index < -0.39 is 0 Å². The number of likely N-dealkylation sites (N-methyl/N-ethyl adjacent to an activating group) is 1. The second-order valence-electron chi connectivity index (χ2n) is 7.64. The number of aryl methyl sites for hydroxylation is 4. The lowest BCUT2D eigenvalue weighted by molar-refractivity contribution is -0.117. The molecule has 0 aliphatic carbocycles. The smallest absolute Gasteiger partial charge is 0.240 e. The number of para-hydroxylation sites is 1. The van der Waals surface area contributed by atoms with Crippen molar-refractivity contribution in [2.45, 2.75) is 41.2 Å². The van der Waals surface area contributed by atoms with Crippen LogP contribution in [-0.2, 0) is 11.4 Å². The molecule has 1 aromatic heterocycles. The highest BCUT2D eigenvalue weighted by Gasteiger charge is 2.18. The van der Waals surface area contributed by atoms with Crippen LogP contribution in [0.25, 0.3) is 10.9 Å². The summed E-state index contributed by atoms with van der Waals surface area (Å²) in [7, 11) is 1.77. The summed E-state index contributed by atoms with van der Waals surface area (Å²) in [5.41, 5.74) is 13.8. The van der Waals surface area contributed by atoms with Gasteiger partial charge in [-0.05, 0) is 74.6 Å². The number of pyridine rings is 1. The SMILES string of the molecule is Cc1cc(C)c2cccc(OCc3c(C)cc(C)c(N(C)C(=O)CN)c3C)c2n1. The van der Waals surface area contributed by atoms with Gasteiger partial charge in [0, 0.05) is 23.8 Å². The number of nitrogens with two attached hydrogens (primary N) is 1. The predicted octanol–water partition coefficient (Wildman–Crippen LogP) is 4.28. The topological polar surface area (TPSA) is 68.5 Å². The van der Waals surface area contributed by atoms with Crippen molar-refractivity contribution in [1.29, 1.82) is 0 Å². The van der Waals surface area contributed by atoms with E-state index in [-0.39, 0.29) is 12.5 Å². The van der Waals surface area contributed by atoms with Gasteiger partial charge in [0.05, 0.1) is 6.54 Å². The van der Waals surface area contributed by atoms with Crippen molar-refractivity contribution >= 4 is 22.5 Å². The van der Waals surface area contributed by atoms with Crippen LogP contribution in [0.5, 0.6) is 5.75 Å². The zero-order valence-electron chi connectivity index (χ0n) is 18.1. The molecule has 3 rings (SSSR count). The monoisotopic (exact) mass is 391 g/mol. The van der Waals surface area contributed by atoms with Gasteiger partial charge in [0.1, 0.15) is 17.9 Å². The molecule has 5 heteroatoms. The molecule has 0 atom stereocenters. The summed E-state index contributed by atoms with van der Waals surface area (Å²) in [5.74, 6) is 0.651. The molecule has 152 valence electrons. The zero-order chi connectivity index (χ0) is 21.3. The summed E-state index contributed by atoms with van der Waals surface area (Å²) < 4.78 is 6.25. The average molecular weight is 392 g/mol. The third-order valence-electron chi connectivity index (χ3n) is 5.48. The maximum atomic E-state index is 12.2. The molecular weight excluding hydrogens is 362 g/mol. The number of benzene rings is 2. The van der Waals surface area contributed by atoms with Gasteiger partial charge < -0.3 is 15.4 Å². The molecule has 1 heterocycles. The average Bonchev–Trinajstić information content (AvgIpc) is 2.67. The summed E-state index contributed by atoms with van der Waals surface area (Å²) in [5, 5.41) is 1.10. The number of aromatic nitrogens is 1. The van der Waals surface area contributed by atoms with E-state index in [1.165, 1.54) is 5.56 Å². The van der Waals surface area contributed by atoms with Gasteiger partial charge in [0.15, 0.2) is 0 Å². The Balaban J connectivity index is 2.00. The minimum atomic E-state index is -0.115. The van der Waals surface area contributed by atoms with Crippen molar-refractivity contribution in [1.82, 2.24) is 4.98 Å². The highest BCUT2D eigenvalue weighted by Crippen LogP contribution is 2.32. The van der Waals surface area contributed by atoms with E-state index in [0.717, 1.165) is 50.3 Å². The van der Waals surface area contributed by atoms with Gasteiger partial charge in [-0.3, -0.25) is 4.79 Å². The molecule has 0 aliphatic rings. The van der Waals surface area contributed by atoms with Gasteiger partial charge in [0.25, 0.3) is 0 Å². The Kier molecular flexibility index (Phi) is 5.89. The van der Waals surface area contributed by atoms with Crippen LogP contribution in [0.15, 0.2) is 30.3 Å². The van der Waals surface area contributed by atoms with E-state index in [4.69, 9.17) is 15.5 Å². The van der Waals surface area contributed by atoms with Crippen LogP contribution < -0.4 is 15.4 Å². The van der Waals surface area contributed by atoms with Crippen molar-refractivity contribution in [2.24, 2.45) is 5.73 Å². The molecular formula is C24H29N3O2. The number of fused-ring (bicyclic) bond motifs is 1. The Bertz CT molecular complexity index is 1090. The Labute approximate surface area is 172 Å². The second kappa shape index (κ2) is 8.21. The number of amides is 1. The van der Waals surface area contributed by atoms with Gasteiger partial charge in [-0.2, -0.15) is 0 Å². The molecule has 0 unspecified atom stereocenters. The fourth-order valence-corrected chi connectivity index (χ4v) is 4.04. The van der Waals surface area contributed by atoms with Gasteiger partial charge in [-0.15, -0.1) is 0 Å². The Morgan fingerprint density at radius 1 is 1.07 bits per heavy atom. The summed E-state index contributed by atoms with van der Waals surface area (Å²) in [6, 6.07) is 10.2. The fourth-order valence-electron chi connectivity index (χ4n) is 4.04. The minimum Gasteiger partial charge on any atom is -0.487 e. The van der Waals surface area contributed by atoms with E-state index in [0.29, 0.717) is 6.61 Å². The third-order valence-corrected chi connectivity index (χ3v) is 5.48. The van der Waals surface area contributed by atoms with Crippen LogP contribution >= 0.6 is 0 Å². The summed E-state index contributed by atoms with van der Waals surface area (Å²) in [6.45, 7) is 10.6. The Morgan fingerprint density at radius 2 is 1.79 bits per heavy atom. The Morgan fingerprint density at radius 3 is 2.48 bits per heavy atom. The van der Waals surface area contributed by atoms with Crippen LogP contribution in [0.2, 0.25) is 0 Å². The van der Waals surface area contributed by atoms with E-state index in [2.05, 4.69) is 32.0 Å². The number of hydrogen-bond donors (Lipinski definition) is 1. The fraction of sp³-hybridized carbons (Fsp3) is 0.333. The van der Waals surface area contributed by atoms with Crippen molar-refractivity contribution in [2.75, 3.05) is 18.5 Å². The zero-order valence-corrected chi connectivity index (χ0v) is 18.1. The van der Waals surface area contributed by atoms with E-state index in [9.17, 15) is 4.79 Å². The standard InChI is InChI=1S/C24H29N3O2/c1-14-10-16(3)24(27(6)22(28)12-25)18(5)20(14)13-29-21-9-7-8-19-15(2)11-17(4)26-23(19)21/h7-11H,12-13,25H2,1-6H3. The van der Waals surface area contributed by atoms with E-state index in [1.54, 1.807) is 11.9 Å². The summed E-state index contributed by atoms with van der Waals surface area (Å²) in [6.07, 6.45) is 0. The molecule has 2 N–H and O–H groups in total. The number of ether oxygens (including phenoxy) is 1. The molecule has 0 aliphatic heterocycles. The van der Waals surface area contributed by atoms with Gasteiger partial charge in [-0.1, -0.05) is 18.2 Å². The maximum absolute atomic E-state index is 12.2. The van der Waals surface area contributed by atoms with Crippen LogP contribution in [0.4, 0.5) is 5.69 Å². The molecule has 2 aromatic carbocycles. The normalized spacial score (nSPS) is 11.0. The van der Waals surface area contributed by atoms with Crippen LogP contribution in [0.1, 0.15) is 33.5 Å². The highest BCUT2D eigenvalue weighted by atomic mass is 16.5. The summed E-state index contributed by atoms with van der Waals surface area (Å²) in [4.78, 5) is 18.5. The lowest BCUT2D eigenvalue weighted by Gasteiger charge is -2.25. The molecule has 5 nitrogen and oxygen atoms in total. The largest absolute Gasteiger partial charge is 0.487 e. The number of anilines is 1. The lowest BCUT2D eigenvalue weighted by Crippen LogP contribution is -2.33. The molecule has 1 amide bonds. The minimum absolute atomic E-state index is 0.0184. The first-order valence-electron chi connectivity index (χ1n) is 9.80. The lowest BCUT2D eigenvalue weighted by atomic mass is 9.97. The first-order chi connectivity index (χ1) is 13.7. The molecule has 0 bridgehead atoms. The molecule has 0 fully saturated rings. The first kappa shape index (κ1) is 20.8. The summed E-state index contributed by atoms with van der Waals surface area (Å²) >= 11 is 0. The number of hydrogen-bond acceptors (Lipinski definition) is 4. The van der Waals surface area contributed by atoms with Gasteiger partial charge in [-0.25, -0.2) is 4.98 Å². The number of nitrogens with zero attached hydrogens (tertiary/aromatic N) is 2. The number of carbonyl (C=O) groups excluding carboxylic acids is 1. The number of rotatable bonds is 5. The molecule has 29 heavy (non-hydrogen) atoms. The quantitative estimate of drug-likeness (QED) is 0.705. The van der Waals surface area contributed by atoms with Gasteiger partial charge >= 0.3 is 0 Å². The molecule has 0 saturated carbocycles. The third kappa shape index (κ3) is 3.96. The maximum Gasteiger partial charge on any atom is 0.240 e. The molecule has 0 spiro atoms. The second-order valence-corrected chi connectivity index (χ2v) is 7.64. The van der Waals surface area contributed by atoms with E-state index in [1.807, 2.05) is 32.9 Å². The Hall–Kier alpha value is -2.92. The first-order valence-corrected chi connectivity index (χ1v) is 9.80. The van der Waals surface area contributed by atoms with Crippen LogP contribution in [-0.4, -0.2) is 24.5 Å². The van der Waals surface area contributed by atoms with E-state index >= 15 is 0 Å². The van der Waals surface area contributed by atoms with Crippen LogP contribution in [0.3, 0.4) is 0 Å². The molecule has 3 aromatic rings.